The molecule has 0 bridgehead atoms. The summed E-state index contributed by atoms with van der Waals surface area (Å²) in [5.74, 6) is 0.919. The van der Waals surface area contributed by atoms with Gasteiger partial charge >= 0.3 is 0 Å². The third-order valence-corrected chi connectivity index (χ3v) is 5.07. The molecule has 2 heterocycles. The highest BCUT2D eigenvalue weighted by Crippen LogP contribution is 2.12. The molecule has 152 valence electrons. The quantitative estimate of drug-likeness (QED) is 0.462. The minimum Gasteiger partial charge on any atom is -0.396 e. The molecule has 27 heavy (non-hydrogen) atoms. The number of aromatic nitrogens is 1. The number of amides is 1. The predicted molar refractivity (Wildman–Crippen MR) is 110 cm³/mol. The Kier molecular flexibility index (Phi) is 10.8. The summed E-state index contributed by atoms with van der Waals surface area (Å²) in [7, 11) is 0. The highest BCUT2D eigenvalue weighted by Gasteiger charge is 2.12. The van der Waals surface area contributed by atoms with Crippen LogP contribution in [0, 0.1) is 0 Å². The number of nitrogens with one attached hydrogen (secondary N) is 2. The first-order valence-corrected chi connectivity index (χ1v) is 10.6. The van der Waals surface area contributed by atoms with Crippen LogP contribution in [0.4, 0.5) is 5.82 Å². The number of nitrogens with zero attached hydrogens (tertiary/aromatic N) is 2. The van der Waals surface area contributed by atoms with Gasteiger partial charge in [0.25, 0.3) is 5.91 Å². The largest absolute Gasteiger partial charge is 0.396 e. The molecule has 1 fully saturated rings. The summed E-state index contributed by atoms with van der Waals surface area (Å²) in [4.78, 5) is 18.9. The zero-order chi connectivity index (χ0) is 19.2. The summed E-state index contributed by atoms with van der Waals surface area (Å²) in [6.45, 7) is 4.93. The van der Waals surface area contributed by atoms with Crippen LogP contribution in [0.1, 0.15) is 68.1 Å². The first kappa shape index (κ1) is 21.6. The second-order valence-electron chi connectivity index (χ2n) is 7.30. The Bertz CT molecular complexity index is 515. The third kappa shape index (κ3) is 8.71. The fourth-order valence-corrected chi connectivity index (χ4v) is 3.38. The van der Waals surface area contributed by atoms with Crippen molar-refractivity contribution in [3.63, 3.8) is 0 Å². The van der Waals surface area contributed by atoms with Crippen molar-refractivity contribution in [3.8, 4) is 0 Å². The number of hydrogen-bond donors (Lipinski definition) is 3. The summed E-state index contributed by atoms with van der Waals surface area (Å²) >= 11 is 0. The number of aliphatic hydroxyl groups excluding tert-OH is 1. The number of anilines is 1. The molecule has 0 unspecified atom stereocenters. The van der Waals surface area contributed by atoms with Crippen molar-refractivity contribution in [1.29, 1.82) is 0 Å². The van der Waals surface area contributed by atoms with E-state index in [0.717, 1.165) is 64.2 Å². The van der Waals surface area contributed by atoms with Crippen molar-refractivity contribution in [2.24, 2.45) is 0 Å². The first-order chi connectivity index (χ1) is 13.3. The molecule has 6 nitrogen and oxygen atoms in total. The number of carbonyl (C=O) groups is 1. The number of pyridine rings is 1. The molecule has 0 atom stereocenters. The summed E-state index contributed by atoms with van der Waals surface area (Å²) in [5, 5.41) is 15.1. The standard InChI is InChI=1S/C21H36N4O2/c26-17-9-7-5-3-1-2-4-6-8-12-23-21(27)19-10-11-20(24-18-19)25-15-13-22-14-16-25/h10-11,18,22,26H,1-9,12-17H2,(H,23,27). The van der Waals surface area contributed by atoms with Gasteiger partial charge in [-0.25, -0.2) is 4.98 Å². The van der Waals surface area contributed by atoms with Crippen LogP contribution in [-0.2, 0) is 0 Å². The molecule has 3 N–H and O–H groups in total. The van der Waals surface area contributed by atoms with Gasteiger partial charge in [0.2, 0.25) is 0 Å². The van der Waals surface area contributed by atoms with Gasteiger partial charge in [-0.1, -0.05) is 44.9 Å². The van der Waals surface area contributed by atoms with Crippen LogP contribution in [0.25, 0.3) is 0 Å². The maximum absolute atomic E-state index is 12.2. The van der Waals surface area contributed by atoms with Crippen molar-refractivity contribution in [1.82, 2.24) is 15.6 Å². The van der Waals surface area contributed by atoms with E-state index in [1.807, 2.05) is 12.1 Å². The maximum atomic E-state index is 12.2. The lowest BCUT2D eigenvalue weighted by Gasteiger charge is -2.28. The summed E-state index contributed by atoms with van der Waals surface area (Å²) < 4.78 is 0. The van der Waals surface area contributed by atoms with E-state index in [4.69, 9.17) is 5.11 Å². The molecule has 0 saturated carbocycles. The van der Waals surface area contributed by atoms with Gasteiger partial charge in [0.05, 0.1) is 5.56 Å². The van der Waals surface area contributed by atoms with E-state index in [2.05, 4.69) is 20.5 Å². The Morgan fingerprint density at radius 2 is 1.63 bits per heavy atom. The third-order valence-electron chi connectivity index (χ3n) is 5.07. The minimum absolute atomic E-state index is 0.0294. The molecule has 1 amide bonds. The molecular weight excluding hydrogens is 340 g/mol. The lowest BCUT2D eigenvalue weighted by molar-refractivity contribution is 0.0952. The zero-order valence-electron chi connectivity index (χ0n) is 16.6. The van der Waals surface area contributed by atoms with Crippen molar-refractivity contribution in [3.05, 3.63) is 23.9 Å². The van der Waals surface area contributed by atoms with E-state index in [-0.39, 0.29) is 5.91 Å². The summed E-state index contributed by atoms with van der Waals surface area (Å²) in [6, 6.07) is 3.82. The van der Waals surface area contributed by atoms with Crippen LogP contribution >= 0.6 is 0 Å². The van der Waals surface area contributed by atoms with Crippen LogP contribution in [0.15, 0.2) is 18.3 Å². The van der Waals surface area contributed by atoms with Gasteiger partial charge < -0.3 is 20.6 Å². The Labute approximate surface area is 163 Å². The second kappa shape index (κ2) is 13.5. The molecule has 1 aromatic rings. The number of hydrogen-bond acceptors (Lipinski definition) is 5. The van der Waals surface area contributed by atoms with Crippen molar-refractivity contribution in [2.45, 2.75) is 57.8 Å². The number of carbonyl (C=O) groups excluding carboxylic acids is 1. The van der Waals surface area contributed by atoms with Crippen LogP contribution in [0.5, 0.6) is 0 Å². The fourth-order valence-electron chi connectivity index (χ4n) is 3.38. The van der Waals surface area contributed by atoms with Crippen molar-refractivity contribution in [2.75, 3.05) is 44.2 Å². The monoisotopic (exact) mass is 376 g/mol. The summed E-state index contributed by atoms with van der Waals surface area (Å²) in [6.07, 6.45) is 12.3. The Morgan fingerprint density at radius 1 is 1.00 bits per heavy atom. The number of aliphatic hydroxyl groups is 1. The van der Waals surface area contributed by atoms with Gasteiger partial charge in [0.15, 0.2) is 0 Å². The summed E-state index contributed by atoms with van der Waals surface area (Å²) in [5.41, 5.74) is 0.636. The van der Waals surface area contributed by atoms with Crippen molar-refractivity contribution >= 4 is 11.7 Å². The maximum Gasteiger partial charge on any atom is 0.252 e. The molecule has 0 spiro atoms. The zero-order valence-corrected chi connectivity index (χ0v) is 16.6. The molecule has 1 aromatic heterocycles. The van der Waals surface area contributed by atoms with Crippen molar-refractivity contribution < 1.29 is 9.90 Å². The highest BCUT2D eigenvalue weighted by atomic mass is 16.2. The van der Waals surface area contributed by atoms with E-state index in [1.54, 1.807) is 6.20 Å². The number of piperazine rings is 1. The van der Waals surface area contributed by atoms with Gasteiger partial charge in [0.1, 0.15) is 5.82 Å². The van der Waals surface area contributed by atoms with E-state index in [0.29, 0.717) is 12.2 Å². The van der Waals surface area contributed by atoms with Crippen LogP contribution in [0.2, 0.25) is 0 Å². The van der Waals surface area contributed by atoms with Crippen LogP contribution in [-0.4, -0.2) is 55.3 Å². The molecular formula is C21H36N4O2. The molecule has 0 radical (unpaired) electrons. The van der Waals surface area contributed by atoms with Gasteiger partial charge in [-0.05, 0) is 25.0 Å². The molecule has 1 saturated heterocycles. The number of rotatable bonds is 13. The SMILES string of the molecule is O=C(NCCCCCCCCCCCO)c1ccc(N2CCNCC2)nc1. The molecule has 1 aliphatic heterocycles. The Hall–Kier alpha value is -1.66. The highest BCUT2D eigenvalue weighted by molar-refractivity contribution is 5.94. The van der Waals surface area contributed by atoms with E-state index in [9.17, 15) is 4.79 Å². The van der Waals surface area contributed by atoms with Gasteiger partial charge in [-0.3, -0.25) is 4.79 Å². The fraction of sp³-hybridized carbons (Fsp3) is 0.714. The second-order valence-corrected chi connectivity index (χ2v) is 7.30. The average molecular weight is 377 g/mol. The van der Waals surface area contributed by atoms with Gasteiger partial charge in [0, 0.05) is 45.5 Å². The molecule has 6 heteroatoms. The predicted octanol–water partition coefficient (Wildman–Crippen LogP) is 2.72. The lowest BCUT2D eigenvalue weighted by Crippen LogP contribution is -2.43. The normalized spacial score (nSPS) is 14.3. The number of unbranched alkanes of at least 4 members (excludes halogenated alkanes) is 8. The smallest absolute Gasteiger partial charge is 0.252 e. The van der Waals surface area contributed by atoms with Gasteiger partial charge in [-0.2, -0.15) is 0 Å². The van der Waals surface area contributed by atoms with E-state index in [1.165, 1.54) is 32.1 Å². The molecule has 0 aliphatic carbocycles. The minimum atomic E-state index is -0.0294. The van der Waals surface area contributed by atoms with Crippen LogP contribution < -0.4 is 15.5 Å². The molecule has 2 rings (SSSR count). The lowest BCUT2D eigenvalue weighted by atomic mass is 10.1. The molecule has 1 aliphatic rings. The topological polar surface area (TPSA) is 77.5 Å². The molecule has 0 aromatic carbocycles. The van der Waals surface area contributed by atoms with Crippen LogP contribution in [0.3, 0.4) is 0 Å². The van der Waals surface area contributed by atoms with Gasteiger partial charge in [-0.15, -0.1) is 0 Å². The Morgan fingerprint density at radius 3 is 2.22 bits per heavy atom. The Balaban J connectivity index is 1.51. The first-order valence-electron chi connectivity index (χ1n) is 10.6. The van der Waals surface area contributed by atoms with E-state index < -0.39 is 0 Å². The average Bonchev–Trinajstić information content (AvgIpc) is 2.72. The van der Waals surface area contributed by atoms with E-state index >= 15 is 0 Å².